The van der Waals surface area contributed by atoms with Crippen LogP contribution in [-0.4, -0.2) is 23.2 Å². The molecule has 0 radical (unpaired) electrons. The van der Waals surface area contributed by atoms with Crippen molar-refractivity contribution in [3.63, 3.8) is 0 Å². The highest BCUT2D eigenvalue weighted by atomic mass is 19.1. The Kier molecular flexibility index (Phi) is 3.53. The minimum Gasteiger partial charge on any atom is -0.339 e. The van der Waals surface area contributed by atoms with Crippen LogP contribution in [0, 0.1) is 18.7 Å². The Morgan fingerprint density at radius 3 is 2.90 bits per heavy atom. The van der Waals surface area contributed by atoms with Crippen molar-refractivity contribution in [2.75, 3.05) is 7.05 Å². The van der Waals surface area contributed by atoms with Crippen molar-refractivity contribution in [2.24, 2.45) is 5.92 Å². The molecule has 20 heavy (non-hydrogen) atoms. The number of nitrogens with zero attached hydrogens (tertiary/aromatic N) is 2. The highest BCUT2D eigenvalue weighted by Crippen LogP contribution is 2.33. The van der Waals surface area contributed by atoms with Crippen LogP contribution in [-0.2, 0) is 6.42 Å². The van der Waals surface area contributed by atoms with E-state index in [1.165, 1.54) is 18.9 Å². The predicted octanol–water partition coefficient (Wildman–Crippen LogP) is 2.72. The summed E-state index contributed by atoms with van der Waals surface area (Å²) >= 11 is 0. The smallest absolute Gasteiger partial charge is 0.228 e. The first-order chi connectivity index (χ1) is 9.67. The van der Waals surface area contributed by atoms with E-state index in [9.17, 15) is 4.39 Å². The van der Waals surface area contributed by atoms with Crippen molar-refractivity contribution in [2.45, 2.75) is 32.2 Å². The number of rotatable bonds is 5. The predicted molar refractivity (Wildman–Crippen MR) is 73.7 cm³/mol. The van der Waals surface area contributed by atoms with Crippen molar-refractivity contribution in [3.05, 3.63) is 35.5 Å². The van der Waals surface area contributed by atoms with E-state index in [0.717, 1.165) is 6.42 Å². The summed E-state index contributed by atoms with van der Waals surface area (Å²) < 4.78 is 18.8. The number of benzene rings is 1. The van der Waals surface area contributed by atoms with Gasteiger partial charge in [0, 0.05) is 18.0 Å². The third kappa shape index (κ3) is 2.72. The quantitative estimate of drug-likeness (QED) is 0.911. The fourth-order valence-electron chi connectivity index (χ4n) is 2.38. The first-order valence-corrected chi connectivity index (χ1v) is 6.93. The molecule has 1 aliphatic rings. The van der Waals surface area contributed by atoms with E-state index < -0.39 is 0 Å². The van der Waals surface area contributed by atoms with Crippen LogP contribution in [0.3, 0.4) is 0 Å². The fraction of sp³-hybridized carbons (Fsp3) is 0.467. The molecule has 0 saturated heterocycles. The lowest BCUT2D eigenvalue weighted by atomic mass is 10.1. The normalized spacial score (nSPS) is 16.4. The van der Waals surface area contributed by atoms with E-state index in [0.29, 0.717) is 34.8 Å². The van der Waals surface area contributed by atoms with E-state index in [1.54, 1.807) is 13.0 Å². The van der Waals surface area contributed by atoms with Gasteiger partial charge in [0.1, 0.15) is 5.82 Å². The molecule has 1 atom stereocenters. The van der Waals surface area contributed by atoms with Gasteiger partial charge in [0.15, 0.2) is 0 Å². The molecule has 2 aromatic rings. The summed E-state index contributed by atoms with van der Waals surface area (Å²) in [5.41, 5.74) is 1.26. The van der Waals surface area contributed by atoms with E-state index >= 15 is 0 Å². The number of hydrogen-bond acceptors (Lipinski definition) is 4. The number of halogens is 1. The average molecular weight is 275 g/mol. The van der Waals surface area contributed by atoms with Crippen molar-refractivity contribution in [3.8, 4) is 11.4 Å². The van der Waals surface area contributed by atoms with Gasteiger partial charge in [0.05, 0.1) is 0 Å². The zero-order valence-electron chi connectivity index (χ0n) is 11.7. The lowest BCUT2D eigenvalue weighted by molar-refractivity contribution is 0.352. The molecule has 1 N–H and O–H groups in total. The largest absolute Gasteiger partial charge is 0.339 e. The summed E-state index contributed by atoms with van der Waals surface area (Å²) in [5.74, 6) is 1.52. The van der Waals surface area contributed by atoms with Gasteiger partial charge in [-0.2, -0.15) is 4.98 Å². The van der Waals surface area contributed by atoms with Crippen molar-refractivity contribution < 1.29 is 8.91 Å². The van der Waals surface area contributed by atoms with Gasteiger partial charge in [-0.15, -0.1) is 0 Å². The summed E-state index contributed by atoms with van der Waals surface area (Å²) in [6.07, 6.45) is 3.24. The lowest BCUT2D eigenvalue weighted by Gasteiger charge is -2.11. The highest BCUT2D eigenvalue weighted by molar-refractivity contribution is 5.54. The number of hydrogen-bond donors (Lipinski definition) is 1. The minimum absolute atomic E-state index is 0.250. The van der Waals surface area contributed by atoms with Crippen LogP contribution in [0.15, 0.2) is 22.7 Å². The maximum Gasteiger partial charge on any atom is 0.228 e. The topological polar surface area (TPSA) is 51.0 Å². The van der Waals surface area contributed by atoms with Gasteiger partial charge in [0.25, 0.3) is 0 Å². The van der Waals surface area contributed by atoms with Gasteiger partial charge >= 0.3 is 0 Å². The second kappa shape index (κ2) is 5.32. The molecule has 0 amide bonds. The molecule has 5 heteroatoms. The Labute approximate surface area is 117 Å². The van der Waals surface area contributed by atoms with Crippen molar-refractivity contribution in [1.29, 1.82) is 0 Å². The maximum atomic E-state index is 13.6. The molecule has 0 bridgehead atoms. The zero-order chi connectivity index (χ0) is 14.1. The SMILES string of the molecule is CNC(Cc1nc(-c2ccc(C)c(F)c2)no1)C1CC1. The number of aromatic nitrogens is 2. The monoisotopic (exact) mass is 275 g/mol. The van der Waals surface area contributed by atoms with Crippen LogP contribution in [0.4, 0.5) is 4.39 Å². The molecule has 0 aliphatic heterocycles. The summed E-state index contributed by atoms with van der Waals surface area (Å²) in [6.45, 7) is 1.73. The molecule has 1 aliphatic carbocycles. The molecular formula is C15H18FN3O. The molecule has 4 nitrogen and oxygen atoms in total. The van der Waals surface area contributed by atoms with Crippen LogP contribution >= 0.6 is 0 Å². The summed E-state index contributed by atoms with van der Waals surface area (Å²) in [4.78, 5) is 4.36. The highest BCUT2D eigenvalue weighted by Gasteiger charge is 2.31. The minimum atomic E-state index is -0.250. The Balaban J connectivity index is 1.77. The number of nitrogens with one attached hydrogen (secondary N) is 1. The average Bonchev–Trinajstić information content (AvgIpc) is 3.18. The van der Waals surface area contributed by atoms with E-state index in [4.69, 9.17) is 4.52 Å². The molecule has 1 unspecified atom stereocenters. The molecule has 1 aromatic heterocycles. The molecule has 1 saturated carbocycles. The van der Waals surface area contributed by atoms with Crippen LogP contribution < -0.4 is 5.32 Å². The van der Waals surface area contributed by atoms with Gasteiger partial charge < -0.3 is 9.84 Å². The summed E-state index contributed by atoms with van der Waals surface area (Å²) in [5, 5.41) is 7.23. The van der Waals surface area contributed by atoms with E-state index in [-0.39, 0.29) is 5.82 Å². The number of aryl methyl sites for hydroxylation is 1. The third-order valence-corrected chi connectivity index (χ3v) is 3.85. The Morgan fingerprint density at radius 1 is 1.45 bits per heavy atom. The Morgan fingerprint density at radius 2 is 2.25 bits per heavy atom. The Hall–Kier alpha value is -1.75. The van der Waals surface area contributed by atoms with Crippen LogP contribution in [0.25, 0.3) is 11.4 Å². The van der Waals surface area contributed by atoms with Gasteiger partial charge in [-0.25, -0.2) is 4.39 Å². The summed E-state index contributed by atoms with van der Waals surface area (Å²) in [6, 6.07) is 5.36. The first-order valence-electron chi connectivity index (χ1n) is 6.93. The van der Waals surface area contributed by atoms with Gasteiger partial charge in [-0.3, -0.25) is 0 Å². The Bertz CT molecular complexity index is 607. The summed E-state index contributed by atoms with van der Waals surface area (Å²) in [7, 11) is 1.95. The van der Waals surface area contributed by atoms with E-state index in [1.807, 2.05) is 13.1 Å². The lowest BCUT2D eigenvalue weighted by Crippen LogP contribution is -2.29. The standard InChI is InChI=1S/C15H18FN3O/c1-9-3-4-11(7-12(9)16)15-18-14(20-19-15)8-13(17-2)10-5-6-10/h3-4,7,10,13,17H,5-6,8H2,1-2H3. The second-order valence-electron chi connectivity index (χ2n) is 5.41. The van der Waals surface area contributed by atoms with E-state index in [2.05, 4.69) is 15.5 Å². The van der Waals surface area contributed by atoms with Gasteiger partial charge in [-0.05, 0) is 44.4 Å². The van der Waals surface area contributed by atoms with Crippen LogP contribution in [0.5, 0.6) is 0 Å². The van der Waals surface area contributed by atoms with Crippen molar-refractivity contribution >= 4 is 0 Å². The molecule has 106 valence electrons. The molecule has 1 heterocycles. The second-order valence-corrected chi connectivity index (χ2v) is 5.41. The molecule has 1 fully saturated rings. The van der Waals surface area contributed by atoms with Crippen LogP contribution in [0.2, 0.25) is 0 Å². The maximum absolute atomic E-state index is 13.6. The van der Waals surface area contributed by atoms with Gasteiger partial charge in [0.2, 0.25) is 11.7 Å². The molecule has 1 aromatic carbocycles. The number of likely N-dealkylation sites (N-methyl/N-ethyl adjacent to an activating group) is 1. The zero-order valence-corrected chi connectivity index (χ0v) is 11.7. The first kappa shape index (κ1) is 13.2. The van der Waals surface area contributed by atoms with Crippen molar-refractivity contribution in [1.82, 2.24) is 15.5 Å². The van der Waals surface area contributed by atoms with Gasteiger partial charge in [-0.1, -0.05) is 17.3 Å². The fourth-order valence-corrected chi connectivity index (χ4v) is 2.38. The molecular weight excluding hydrogens is 257 g/mol. The molecule has 0 spiro atoms. The third-order valence-electron chi connectivity index (χ3n) is 3.85. The molecule has 3 rings (SSSR count). The van der Waals surface area contributed by atoms with Crippen LogP contribution in [0.1, 0.15) is 24.3 Å².